The third kappa shape index (κ3) is 3.41. The van der Waals surface area contributed by atoms with E-state index in [4.69, 9.17) is 23.1 Å². The van der Waals surface area contributed by atoms with Gasteiger partial charge in [-0.2, -0.15) is 4.98 Å². The monoisotopic (exact) mass is 345 g/mol. The number of aryl methyl sites for hydroxylation is 1. The molecule has 2 aromatic rings. The summed E-state index contributed by atoms with van der Waals surface area (Å²) >= 11 is 6.25. The van der Waals surface area contributed by atoms with Gasteiger partial charge in [0.2, 0.25) is 5.95 Å². The van der Waals surface area contributed by atoms with Crippen molar-refractivity contribution in [3.05, 3.63) is 28.9 Å². The third-order valence-electron chi connectivity index (χ3n) is 3.96. The van der Waals surface area contributed by atoms with Crippen molar-refractivity contribution in [3.8, 4) is 11.1 Å². The average molecular weight is 346 g/mol. The van der Waals surface area contributed by atoms with E-state index >= 15 is 0 Å². The standard InChI is InChI=1S/C16H20ClN7/c1-2-12-14(15(18)21-16(19)20-12)10-5-6-11(17)13(9-10)22-23-24-7-3-4-8-24/h5-6,9H,2-4,7-8H2,1H3,(H4,18,19,20,21). The quantitative estimate of drug-likeness (QED) is 0.823. The van der Waals surface area contributed by atoms with Crippen LogP contribution in [0.25, 0.3) is 11.1 Å². The summed E-state index contributed by atoms with van der Waals surface area (Å²) in [5.74, 6) is 0.528. The molecule has 0 amide bonds. The molecule has 0 atom stereocenters. The first kappa shape index (κ1) is 16.4. The Labute approximate surface area is 145 Å². The number of anilines is 2. The minimum absolute atomic E-state index is 0.177. The van der Waals surface area contributed by atoms with Gasteiger partial charge in [-0.25, -0.2) is 4.98 Å². The second kappa shape index (κ2) is 7.00. The minimum Gasteiger partial charge on any atom is -0.383 e. The summed E-state index contributed by atoms with van der Waals surface area (Å²) in [5.41, 5.74) is 14.8. The zero-order valence-electron chi connectivity index (χ0n) is 13.5. The fourth-order valence-electron chi connectivity index (χ4n) is 2.76. The van der Waals surface area contributed by atoms with Gasteiger partial charge >= 0.3 is 0 Å². The van der Waals surface area contributed by atoms with Crippen molar-refractivity contribution in [2.75, 3.05) is 24.6 Å². The number of aromatic nitrogens is 2. The van der Waals surface area contributed by atoms with Crippen LogP contribution in [0.1, 0.15) is 25.5 Å². The highest BCUT2D eigenvalue weighted by atomic mass is 35.5. The highest BCUT2D eigenvalue weighted by Gasteiger charge is 2.14. The number of halogens is 1. The average Bonchev–Trinajstić information content (AvgIpc) is 3.07. The molecule has 7 nitrogen and oxygen atoms in total. The van der Waals surface area contributed by atoms with Crippen molar-refractivity contribution < 1.29 is 0 Å². The molecule has 2 heterocycles. The van der Waals surface area contributed by atoms with Gasteiger partial charge in [0.15, 0.2) is 0 Å². The number of nitrogens with two attached hydrogens (primary N) is 2. The van der Waals surface area contributed by atoms with Gasteiger partial charge in [0, 0.05) is 18.7 Å². The van der Waals surface area contributed by atoms with Crippen LogP contribution in [0, 0.1) is 0 Å². The predicted molar refractivity (Wildman–Crippen MR) is 96.0 cm³/mol. The predicted octanol–water partition coefficient (Wildman–Crippen LogP) is 3.62. The summed E-state index contributed by atoms with van der Waals surface area (Å²) in [4.78, 5) is 8.35. The maximum absolute atomic E-state index is 6.25. The topological polar surface area (TPSA) is 106 Å². The van der Waals surface area contributed by atoms with Crippen LogP contribution in [0.15, 0.2) is 28.5 Å². The zero-order chi connectivity index (χ0) is 17.1. The van der Waals surface area contributed by atoms with Crippen molar-refractivity contribution in [3.63, 3.8) is 0 Å². The van der Waals surface area contributed by atoms with Crippen molar-refractivity contribution in [1.82, 2.24) is 15.0 Å². The molecular weight excluding hydrogens is 326 g/mol. The molecule has 4 N–H and O–H groups in total. The maximum Gasteiger partial charge on any atom is 0.222 e. The van der Waals surface area contributed by atoms with Crippen LogP contribution < -0.4 is 11.5 Å². The lowest BCUT2D eigenvalue weighted by Gasteiger charge is -2.12. The van der Waals surface area contributed by atoms with Crippen LogP contribution in [0.4, 0.5) is 17.5 Å². The van der Waals surface area contributed by atoms with Crippen LogP contribution in [0.5, 0.6) is 0 Å². The van der Waals surface area contributed by atoms with Gasteiger partial charge in [-0.1, -0.05) is 29.8 Å². The Morgan fingerprint density at radius 3 is 2.67 bits per heavy atom. The summed E-state index contributed by atoms with van der Waals surface area (Å²) in [5, 5.41) is 11.0. The molecule has 24 heavy (non-hydrogen) atoms. The lowest BCUT2D eigenvalue weighted by atomic mass is 10.0. The van der Waals surface area contributed by atoms with Crippen LogP contribution in [-0.4, -0.2) is 28.1 Å². The van der Waals surface area contributed by atoms with Crippen LogP contribution in [-0.2, 0) is 6.42 Å². The fraction of sp³-hybridized carbons (Fsp3) is 0.375. The Balaban J connectivity index is 1.99. The minimum atomic E-state index is 0.177. The molecule has 0 aliphatic carbocycles. The van der Waals surface area contributed by atoms with E-state index in [2.05, 4.69) is 20.3 Å². The molecule has 0 spiro atoms. The second-order valence-corrected chi connectivity index (χ2v) is 6.07. The summed E-state index contributed by atoms with van der Waals surface area (Å²) < 4.78 is 0. The highest BCUT2D eigenvalue weighted by Crippen LogP contribution is 2.35. The van der Waals surface area contributed by atoms with Gasteiger partial charge < -0.3 is 11.5 Å². The molecule has 126 valence electrons. The van der Waals surface area contributed by atoms with E-state index < -0.39 is 0 Å². The number of rotatable bonds is 4. The molecular formula is C16H20ClN7. The van der Waals surface area contributed by atoms with E-state index in [0.29, 0.717) is 22.9 Å². The van der Waals surface area contributed by atoms with Gasteiger partial charge in [0.25, 0.3) is 0 Å². The number of hydrogen-bond acceptors (Lipinski definition) is 6. The molecule has 1 saturated heterocycles. The Morgan fingerprint density at radius 2 is 1.96 bits per heavy atom. The first-order valence-corrected chi connectivity index (χ1v) is 8.34. The van der Waals surface area contributed by atoms with Crippen molar-refractivity contribution in [2.45, 2.75) is 26.2 Å². The summed E-state index contributed by atoms with van der Waals surface area (Å²) in [7, 11) is 0. The van der Waals surface area contributed by atoms with Gasteiger partial charge in [0.05, 0.1) is 10.7 Å². The number of benzene rings is 1. The van der Waals surface area contributed by atoms with Crippen LogP contribution >= 0.6 is 11.6 Å². The second-order valence-electron chi connectivity index (χ2n) is 5.66. The summed E-state index contributed by atoms with van der Waals surface area (Å²) in [6.45, 7) is 3.85. The molecule has 1 aliphatic heterocycles. The van der Waals surface area contributed by atoms with Gasteiger partial charge in [-0.3, -0.25) is 5.01 Å². The van der Waals surface area contributed by atoms with E-state index in [1.807, 2.05) is 24.1 Å². The largest absolute Gasteiger partial charge is 0.383 e. The van der Waals surface area contributed by atoms with E-state index in [1.54, 1.807) is 6.07 Å². The number of nitrogen functional groups attached to an aromatic ring is 2. The van der Waals surface area contributed by atoms with Crippen LogP contribution in [0.2, 0.25) is 5.02 Å². The molecule has 3 rings (SSSR count). The number of hydrogen-bond donors (Lipinski definition) is 2. The normalized spacial score (nSPS) is 14.7. The molecule has 1 aliphatic rings. The lowest BCUT2D eigenvalue weighted by Crippen LogP contribution is -2.09. The molecule has 8 heteroatoms. The third-order valence-corrected chi connectivity index (χ3v) is 4.28. The molecule has 0 unspecified atom stereocenters. The maximum atomic E-state index is 6.25. The summed E-state index contributed by atoms with van der Waals surface area (Å²) in [6, 6.07) is 5.51. The van der Waals surface area contributed by atoms with Crippen molar-refractivity contribution >= 4 is 29.1 Å². The fourth-order valence-corrected chi connectivity index (χ4v) is 2.92. The Hall–Kier alpha value is -2.41. The summed E-state index contributed by atoms with van der Waals surface area (Å²) in [6.07, 6.45) is 2.98. The SMILES string of the molecule is CCc1nc(N)nc(N)c1-c1ccc(Cl)c(N=NN2CCCC2)c1. The Kier molecular flexibility index (Phi) is 4.80. The molecule has 1 aromatic heterocycles. The van der Waals surface area contributed by atoms with E-state index in [0.717, 1.165) is 42.8 Å². The van der Waals surface area contributed by atoms with Gasteiger partial charge in [0.1, 0.15) is 11.5 Å². The molecule has 0 bridgehead atoms. The highest BCUT2D eigenvalue weighted by molar-refractivity contribution is 6.33. The molecule has 1 aromatic carbocycles. The van der Waals surface area contributed by atoms with Gasteiger partial charge in [-0.15, -0.1) is 5.11 Å². The smallest absolute Gasteiger partial charge is 0.222 e. The first-order chi connectivity index (χ1) is 11.6. The lowest BCUT2D eigenvalue weighted by molar-refractivity contribution is 0.336. The Bertz CT molecular complexity index is 769. The van der Waals surface area contributed by atoms with E-state index in [-0.39, 0.29) is 5.95 Å². The van der Waals surface area contributed by atoms with Crippen molar-refractivity contribution in [1.29, 1.82) is 0 Å². The molecule has 0 radical (unpaired) electrons. The van der Waals surface area contributed by atoms with Crippen LogP contribution in [0.3, 0.4) is 0 Å². The number of nitrogens with zero attached hydrogens (tertiary/aromatic N) is 5. The molecule has 0 saturated carbocycles. The van der Waals surface area contributed by atoms with Gasteiger partial charge in [-0.05, 0) is 37.0 Å². The van der Waals surface area contributed by atoms with Crippen molar-refractivity contribution in [2.24, 2.45) is 10.3 Å². The van der Waals surface area contributed by atoms with E-state index in [1.165, 1.54) is 0 Å². The zero-order valence-corrected chi connectivity index (χ0v) is 14.3. The van der Waals surface area contributed by atoms with E-state index in [9.17, 15) is 0 Å². The molecule has 1 fully saturated rings. The first-order valence-electron chi connectivity index (χ1n) is 7.97. The Morgan fingerprint density at radius 1 is 1.21 bits per heavy atom.